The van der Waals surface area contributed by atoms with Gasteiger partial charge in [-0.3, -0.25) is 19.2 Å². The van der Waals surface area contributed by atoms with Crippen molar-refractivity contribution in [2.45, 2.75) is 82.8 Å². The molecule has 1 aliphatic carbocycles. The van der Waals surface area contributed by atoms with Crippen LogP contribution in [0.3, 0.4) is 0 Å². The van der Waals surface area contributed by atoms with E-state index in [1.165, 1.54) is 18.0 Å². The summed E-state index contributed by atoms with van der Waals surface area (Å²) < 4.78 is 0. The number of rotatable bonds is 11. The van der Waals surface area contributed by atoms with E-state index < -0.39 is 47.2 Å². The summed E-state index contributed by atoms with van der Waals surface area (Å²) >= 11 is 0. The van der Waals surface area contributed by atoms with Crippen molar-refractivity contribution in [1.29, 1.82) is 0 Å². The maximum atomic E-state index is 13.8. The summed E-state index contributed by atoms with van der Waals surface area (Å²) in [6.45, 7) is 5.98. The lowest BCUT2D eigenvalue weighted by atomic mass is 9.70. The first-order chi connectivity index (χ1) is 17.2. The van der Waals surface area contributed by atoms with Crippen molar-refractivity contribution >= 4 is 29.5 Å². The second kappa shape index (κ2) is 13.7. The second-order valence-corrected chi connectivity index (χ2v) is 9.73. The maximum absolute atomic E-state index is 13.8. The van der Waals surface area contributed by atoms with Gasteiger partial charge in [0.1, 0.15) is 12.1 Å². The first-order valence-corrected chi connectivity index (χ1v) is 12.6. The van der Waals surface area contributed by atoms with Crippen LogP contribution < -0.4 is 21.3 Å². The first-order valence-electron chi connectivity index (χ1n) is 12.6. The van der Waals surface area contributed by atoms with Gasteiger partial charge < -0.3 is 26.2 Å². The smallest absolute Gasteiger partial charge is 0.315 e. The van der Waals surface area contributed by atoms with Gasteiger partial charge in [-0.25, -0.2) is 4.79 Å². The van der Waals surface area contributed by atoms with Crippen molar-refractivity contribution in [3.05, 3.63) is 12.7 Å². The van der Waals surface area contributed by atoms with Crippen LogP contribution in [0, 0.1) is 17.8 Å². The molecule has 10 heteroatoms. The number of carbonyl (C=O) groups is 5. The molecule has 0 bridgehead atoms. The molecule has 2 aliphatic rings. The average Bonchev–Trinajstić information content (AvgIpc) is 3.37. The van der Waals surface area contributed by atoms with Gasteiger partial charge in [0.2, 0.25) is 17.6 Å². The molecule has 10 nitrogen and oxygen atoms in total. The van der Waals surface area contributed by atoms with Crippen molar-refractivity contribution in [1.82, 2.24) is 26.2 Å². The largest absolute Gasteiger partial charge is 0.346 e. The molecule has 1 saturated carbocycles. The predicted molar refractivity (Wildman–Crippen MR) is 136 cm³/mol. The number of terminal acetylenes is 1. The Bertz CT molecular complexity index is 890. The number of urea groups is 1. The van der Waals surface area contributed by atoms with Crippen molar-refractivity contribution < 1.29 is 24.0 Å². The minimum Gasteiger partial charge on any atom is -0.346 e. The summed E-state index contributed by atoms with van der Waals surface area (Å²) in [5.74, 6) is -0.0382. The standard InChI is InChI=1S/C26H39N5O5/c1-5-7-12-18(20(32)23(34)28-16-6-2)29-22(33)19-13-11-17-31(19)24(35)21(30-25(36)27-4)26(3)14-9-8-10-15-26/h1,6,18-19,21H,2,7-17H2,3-4H3,(H,28,34)(H,29,33)(H2,27,30,36). The molecule has 3 atom stereocenters. The number of nitrogens with zero attached hydrogens (tertiary/aromatic N) is 1. The first kappa shape index (κ1) is 28.9. The Hall–Kier alpha value is -3.35. The van der Waals surface area contributed by atoms with Crippen LogP contribution >= 0.6 is 0 Å². The molecule has 2 rings (SSSR count). The molecule has 5 amide bonds. The van der Waals surface area contributed by atoms with Gasteiger partial charge in [-0.1, -0.05) is 32.3 Å². The van der Waals surface area contributed by atoms with Gasteiger partial charge in [-0.2, -0.15) is 0 Å². The molecule has 4 N–H and O–H groups in total. The lowest BCUT2D eigenvalue weighted by molar-refractivity contribution is -0.144. The molecule has 0 spiro atoms. The number of carbonyl (C=O) groups excluding carboxylic acids is 5. The van der Waals surface area contributed by atoms with Gasteiger partial charge in [0.15, 0.2) is 0 Å². The molecule has 0 aromatic carbocycles. The number of ketones is 1. The van der Waals surface area contributed by atoms with E-state index in [1.807, 2.05) is 6.92 Å². The predicted octanol–water partition coefficient (Wildman–Crippen LogP) is 1.01. The molecule has 0 radical (unpaired) electrons. The Morgan fingerprint density at radius 2 is 1.83 bits per heavy atom. The van der Waals surface area contributed by atoms with Crippen LogP contribution in [0.1, 0.15) is 64.7 Å². The molecule has 2 fully saturated rings. The minimum atomic E-state index is -1.11. The molecule has 36 heavy (non-hydrogen) atoms. The highest BCUT2D eigenvalue weighted by atomic mass is 16.2. The van der Waals surface area contributed by atoms with Crippen molar-refractivity contribution in [3.63, 3.8) is 0 Å². The minimum absolute atomic E-state index is 0.0994. The van der Waals surface area contributed by atoms with Crippen molar-refractivity contribution in [2.24, 2.45) is 5.41 Å². The van der Waals surface area contributed by atoms with Crippen LogP contribution in [0.4, 0.5) is 4.79 Å². The van der Waals surface area contributed by atoms with Crippen LogP contribution in [0.15, 0.2) is 12.7 Å². The number of hydrogen-bond acceptors (Lipinski definition) is 5. The molecular weight excluding hydrogens is 462 g/mol. The lowest BCUT2D eigenvalue weighted by Gasteiger charge is -2.42. The Morgan fingerprint density at radius 1 is 1.14 bits per heavy atom. The normalized spacial score (nSPS) is 20.2. The Morgan fingerprint density at radius 3 is 2.44 bits per heavy atom. The van der Waals surface area contributed by atoms with Gasteiger partial charge >= 0.3 is 6.03 Å². The van der Waals surface area contributed by atoms with Gasteiger partial charge in [0.05, 0.1) is 6.04 Å². The van der Waals surface area contributed by atoms with E-state index in [9.17, 15) is 24.0 Å². The fourth-order valence-corrected chi connectivity index (χ4v) is 5.03. The zero-order chi connectivity index (χ0) is 26.7. The Kier molecular flexibility index (Phi) is 11.0. The highest BCUT2D eigenvalue weighted by Gasteiger charge is 2.46. The quantitative estimate of drug-likeness (QED) is 0.190. The van der Waals surface area contributed by atoms with Gasteiger partial charge in [-0.05, 0) is 37.5 Å². The summed E-state index contributed by atoms with van der Waals surface area (Å²) in [4.78, 5) is 65.6. The Balaban J connectivity index is 2.21. The molecule has 1 saturated heterocycles. The highest BCUT2D eigenvalue weighted by Crippen LogP contribution is 2.40. The van der Waals surface area contributed by atoms with Crippen LogP contribution in [-0.4, -0.2) is 72.7 Å². The maximum Gasteiger partial charge on any atom is 0.315 e. The summed E-state index contributed by atoms with van der Waals surface area (Å²) in [7, 11) is 1.49. The molecule has 0 aromatic rings. The van der Waals surface area contributed by atoms with E-state index in [2.05, 4.69) is 33.8 Å². The van der Waals surface area contributed by atoms with Crippen LogP contribution in [-0.2, 0) is 19.2 Å². The van der Waals surface area contributed by atoms with E-state index in [0.29, 0.717) is 19.4 Å². The summed E-state index contributed by atoms with van der Waals surface area (Å²) in [6, 6.07) is -3.15. The zero-order valence-corrected chi connectivity index (χ0v) is 21.4. The molecule has 1 heterocycles. The molecule has 0 aromatic heterocycles. The second-order valence-electron chi connectivity index (χ2n) is 9.73. The van der Waals surface area contributed by atoms with Gasteiger partial charge in [0.25, 0.3) is 5.91 Å². The average molecular weight is 502 g/mol. The van der Waals surface area contributed by atoms with E-state index in [4.69, 9.17) is 6.42 Å². The molecule has 1 aliphatic heterocycles. The number of likely N-dealkylation sites (tertiary alicyclic amines) is 1. The number of hydrogen-bond donors (Lipinski definition) is 4. The highest BCUT2D eigenvalue weighted by molar-refractivity contribution is 6.38. The van der Waals surface area contributed by atoms with E-state index in [-0.39, 0.29) is 25.3 Å². The number of nitrogens with one attached hydrogen (secondary N) is 4. The summed E-state index contributed by atoms with van der Waals surface area (Å²) in [6.07, 6.45) is 12.7. The number of amides is 5. The topological polar surface area (TPSA) is 137 Å². The monoisotopic (exact) mass is 501 g/mol. The van der Waals surface area contributed by atoms with Crippen LogP contribution in [0.5, 0.6) is 0 Å². The van der Waals surface area contributed by atoms with Crippen molar-refractivity contribution in [3.8, 4) is 12.3 Å². The third-order valence-electron chi connectivity index (χ3n) is 7.12. The van der Waals surface area contributed by atoms with Gasteiger partial charge in [0, 0.05) is 26.6 Å². The molecule has 3 unspecified atom stereocenters. The lowest BCUT2D eigenvalue weighted by Crippen LogP contribution is -2.61. The van der Waals surface area contributed by atoms with Crippen molar-refractivity contribution in [2.75, 3.05) is 20.1 Å². The third kappa shape index (κ3) is 7.33. The Labute approximate surface area is 213 Å². The number of Topliss-reactive ketones (excluding diaryl/α,β-unsaturated/α-hetero) is 1. The van der Waals surface area contributed by atoms with E-state index in [1.54, 1.807) is 0 Å². The summed E-state index contributed by atoms with van der Waals surface area (Å²) in [5, 5.41) is 10.4. The van der Waals surface area contributed by atoms with Crippen LogP contribution in [0.2, 0.25) is 0 Å². The SMILES string of the molecule is C#CCCC(NC(=O)C1CCCN1C(=O)C(NC(=O)NC)C1(C)CCCCC1)C(=O)C(=O)NCC=C. The fourth-order valence-electron chi connectivity index (χ4n) is 5.03. The molecular formula is C26H39N5O5. The molecule has 198 valence electrons. The van der Waals surface area contributed by atoms with E-state index in [0.717, 1.165) is 32.1 Å². The third-order valence-corrected chi connectivity index (χ3v) is 7.12. The zero-order valence-electron chi connectivity index (χ0n) is 21.4. The van der Waals surface area contributed by atoms with Gasteiger partial charge in [-0.15, -0.1) is 18.9 Å². The van der Waals surface area contributed by atoms with E-state index >= 15 is 0 Å². The summed E-state index contributed by atoms with van der Waals surface area (Å²) in [5.41, 5.74) is -0.431. The van der Waals surface area contributed by atoms with Crippen LogP contribution in [0.25, 0.3) is 0 Å². The fraction of sp³-hybridized carbons (Fsp3) is 0.654.